The SMILES string of the molecule is CNC(=O)c1cc(C(=O)NC2CC2CO)cn(Cc2cccc3[nH]ccc23)c1=O. The van der Waals surface area contributed by atoms with Gasteiger partial charge in [-0.3, -0.25) is 14.4 Å². The molecule has 0 spiro atoms. The zero-order chi connectivity index (χ0) is 20.5. The topological polar surface area (TPSA) is 116 Å². The maximum absolute atomic E-state index is 12.9. The van der Waals surface area contributed by atoms with Gasteiger partial charge < -0.3 is 25.3 Å². The number of hydrogen-bond donors (Lipinski definition) is 4. The quantitative estimate of drug-likeness (QED) is 0.496. The fourth-order valence-corrected chi connectivity index (χ4v) is 3.52. The normalized spacial score (nSPS) is 17.9. The van der Waals surface area contributed by atoms with Gasteiger partial charge in [0.2, 0.25) is 0 Å². The summed E-state index contributed by atoms with van der Waals surface area (Å²) in [5.74, 6) is -0.850. The molecule has 3 aromatic rings. The Labute approximate surface area is 166 Å². The third kappa shape index (κ3) is 3.66. The minimum atomic E-state index is -0.544. The number of amides is 2. The number of H-pyrrole nitrogens is 1. The average molecular weight is 394 g/mol. The Morgan fingerprint density at radius 1 is 1.28 bits per heavy atom. The number of nitrogens with zero attached hydrogens (tertiary/aromatic N) is 1. The van der Waals surface area contributed by atoms with Gasteiger partial charge in [-0.15, -0.1) is 0 Å². The van der Waals surface area contributed by atoms with Crippen molar-refractivity contribution in [1.29, 1.82) is 0 Å². The maximum atomic E-state index is 12.9. The smallest absolute Gasteiger partial charge is 0.263 e. The second-order valence-corrected chi connectivity index (χ2v) is 7.27. The van der Waals surface area contributed by atoms with Gasteiger partial charge in [-0.1, -0.05) is 12.1 Å². The number of aliphatic hydroxyl groups excluding tert-OH is 1. The summed E-state index contributed by atoms with van der Waals surface area (Å²) in [5, 5.41) is 15.4. The summed E-state index contributed by atoms with van der Waals surface area (Å²) in [4.78, 5) is 40.9. The number of aliphatic hydroxyl groups is 1. The van der Waals surface area contributed by atoms with Crippen LogP contribution in [0.15, 0.2) is 47.5 Å². The van der Waals surface area contributed by atoms with Crippen molar-refractivity contribution >= 4 is 22.7 Å². The third-order valence-electron chi connectivity index (χ3n) is 5.32. The fourth-order valence-electron chi connectivity index (χ4n) is 3.52. The van der Waals surface area contributed by atoms with Crippen LogP contribution in [-0.4, -0.2) is 46.2 Å². The molecule has 0 saturated heterocycles. The van der Waals surface area contributed by atoms with Crippen LogP contribution in [0.25, 0.3) is 10.9 Å². The van der Waals surface area contributed by atoms with E-state index in [0.29, 0.717) is 0 Å². The third-order valence-corrected chi connectivity index (χ3v) is 5.32. The van der Waals surface area contributed by atoms with Crippen LogP contribution in [0.4, 0.5) is 0 Å². The van der Waals surface area contributed by atoms with Crippen LogP contribution in [-0.2, 0) is 6.54 Å². The second-order valence-electron chi connectivity index (χ2n) is 7.27. The number of aromatic amines is 1. The first-order valence-corrected chi connectivity index (χ1v) is 9.45. The minimum Gasteiger partial charge on any atom is -0.396 e. The average Bonchev–Trinajstić information content (AvgIpc) is 3.29. The molecule has 0 aliphatic heterocycles. The summed E-state index contributed by atoms with van der Waals surface area (Å²) in [6.45, 7) is 0.246. The number of carbonyl (C=O) groups is 2. The van der Waals surface area contributed by atoms with Crippen molar-refractivity contribution in [1.82, 2.24) is 20.2 Å². The molecule has 1 saturated carbocycles. The summed E-state index contributed by atoms with van der Waals surface area (Å²) in [7, 11) is 1.44. The number of benzene rings is 1. The summed E-state index contributed by atoms with van der Waals surface area (Å²) in [5.41, 5.74) is 1.52. The van der Waals surface area contributed by atoms with E-state index in [2.05, 4.69) is 15.6 Å². The van der Waals surface area contributed by atoms with Crippen LogP contribution >= 0.6 is 0 Å². The van der Waals surface area contributed by atoms with Crippen molar-refractivity contribution < 1.29 is 14.7 Å². The van der Waals surface area contributed by atoms with Gasteiger partial charge in [-0.2, -0.15) is 0 Å². The van der Waals surface area contributed by atoms with Gasteiger partial charge in [0.15, 0.2) is 0 Å². The number of rotatable bonds is 6. The van der Waals surface area contributed by atoms with E-state index < -0.39 is 11.5 Å². The van der Waals surface area contributed by atoms with Crippen LogP contribution < -0.4 is 16.2 Å². The molecular formula is C21H22N4O4. The Balaban J connectivity index is 1.72. The number of fused-ring (bicyclic) bond motifs is 1. The first-order valence-electron chi connectivity index (χ1n) is 9.45. The molecule has 4 N–H and O–H groups in total. The largest absolute Gasteiger partial charge is 0.396 e. The predicted molar refractivity (Wildman–Crippen MR) is 108 cm³/mol. The molecule has 2 atom stereocenters. The Morgan fingerprint density at radius 2 is 2.10 bits per heavy atom. The highest BCUT2D eigenvalue weighted by atomic mass is 16.3. The second kappa shape index (κ2) is 7.56. The number of aromatic nitrogens is 2. The lowest BCUT2D eigenvalue weighted by atomic mass is 10.1. The molecule has 29 heavy (non-hydrogen) atoms. The first-order chi connectivity index (χ1) is 14.0. The lowest BCUT2D eigenvalue weighted by Gasteiger charge is -2.12. The molecule has 2 amide bonds. The molecule has 4 rings (SSSR count). The Bertz CT molecular complexity index is 1150. The molecule has 2 unspecified atom stereocenters. The Hall–Kier alpha value is -3.39. The van der Waals surface area contributed by atoms with E-state index in [4.69, 9.17) is 5.11 Å². The van der Waals surface area contributed by atoms with Crippen LogP contribution in [0.5, 0.6) is 0 Å². The van der Waals surface area contributed by atoms with Crippen LogP contribution in [0.1, 0.15) is 32.7 Å². The minimum absolute atomic E-state index is 0.0224. The van der Waals surface area contributed by atoms with Gasteiger partial charge in [0.05, 0.1) is 12.1 Å². The van der Waals surface area contributed by atoms with E-state index in [0.717, 1.165) is 22.9 Å². The summed E-state index contributed by atoms with van der Waals surface area (Å²) in [6, 6.07) is 8.90. The van der Waals surface area contributed by atoms with Crippen molar-refractivity contribution in [3.63, 3.8) is 0 Å². The highest BCUT2D eigenvalue weighted by molar-refractivity contribution is 5.99. The van der Waals surface area contributed by atoms with Crippen LogP contribution in [0.3, 0.4) is 0 Å². The van der Waals surface area contributed by atoms with Crippen molar-refractivity contribution in [2.24, 2.45) is 5.92 Å². The number of hydrogen-bond acceptors (Lipinski definition) is 4. The predicted octanol–water partition coefficient (Wildman–Crippen LogP) is 0.848. The van der Waals surface area contributed by atoms with Gasteiger partial charge >= 0.3 is 0 Å². The van der Waals surface area contributed by atoms with E-state index >= 15 is 0 Å². The Morgan fingerprint density at radius 3 is 2.83 bits per heavy atom. The molecule has 150 valence electrons. The Kier molecular flexibility index (Phi) is 4.94. The molecule has 1 aliphatic carbocycles. The number of pyridine rings is 1. The van der Waals surface area contributed by atoms with E-state index in [1.165, 1.54) is 23.9 Å². The van der Waals surface area contributed by atoms with Crippen molar-refractivity contribution in [3.8, 4) is 0 Å². The van der Waals surface area contributed by atoms with E-state index in [1.54, 1.807) is 0 Å². The highest BCUT2D eigenvalue weighted by Crippen LogP contribution is 2.29. The van der Waals surface area contributed by atoms with Gasteiger partial charge in [-0.05, 0) is 30.2 Å². The molecule has 1 aliphatic rings. The standard InChI is InChI=1S/C21H22N4O4/c1-22-20(28)16-7-13(19(27)24-18-8-14(18)11-26)10-25(21(16)29)9-12-3-2-4-17-15(12)5-6-23-17/h2-7,10,14,18,23,26H,8-9,11H2,1H3,(H,22,28)(H,24,27). The lowest BCUT2D eigenvalue weighted by Crippen LogP contribution is -2.34. The van der Waals surface area contributed by atoms with E-state index in [-0.39, 0.29) is 42.1 Å². The molecule has 1 aromatic carbocycles. The zero-order valence-corrected chi connectivity index (χ0v) is 15.9. The maximum Gasteiger partial charge on any atom is 0.263 e. The van der Waals surface area contributed by atoms with Crippen LogP contribution in [0.2, 0.25) is 0 Å². The lowest BCUT2D eigenvalue weighted by molar-refractivity contribution is 0.0946. The summed E-state index contributed by atoms with van der Waals surface area (Å²) in [6.07, 6.45) is 4.02. The van der Waals surface area contributed by atoms with Crippen molar-refractivity contribution in [2.45, 2.75) is 19.0 Å². The van der Waals surface area contributed by atoms with Crippen molar-refractivity contribution in [3.05, 3.63) is 69.8 Å². The molecule has 8 nitrogen and oxygen atoms in total. The van der Waals surface area contributed by atoms with E-state index in [9.17, 15) is 14.4 Å². The fraction of sp³-hybridized carbons (Fsp3) is 0.286. The summed E-state index contributed by atoms with van der Waals surface area (Å²) < 4.78 is 1.39. The number of carbonyl (C=O) groups excluding carboxylic acids is 2. The monoisotopic (exact) mass is 394 g/mol. The van der Waals surface area contributed by atoms with Gasteiger partial charge in [0, 0.05) is 48.9 Å². The zero-order valence-electron chi connectivity index (χ0n) is 15.9. The molecular weight excluding hydrogens is 372 g/mol. The molecule has 0 bridgehead atoms. The van der Waals surface area contributed by atoms with Gasteiger partial charge in [0.25, 0.3) is 17.4 Å². The molecule has 8 heteroatoms. The van der Waals surface area contributed by atoms with Gasteiger partial charge in [-0.25, -0.2) is 0 Å². The highest BCUT2D eigenvalue weighted by Gasteiger charge is 2.37. The number of nitrogens with one attached hydrogen (secondary N) is 3. The van der Waals surface area contributed by atoms with Crippen molar-refractivity contribution in [2.75, 3.05) is 13.7 Å². The molecule has 0 radical (unpaired) electrons. The first kappa shape index (κ1) is 18.9. The van der Waals surface area contributed by atoms with Gasteiger partial charge in [0.1, 0.15) is 5.56 Å². The van der Waals surface area contributed by atoms with Crippen LogP contribution in [0, 0.1) is 5.92 Å². The van der Waals surface area contributed by atoms with E-state index in [1.807, 2.05) is 30.5 Å². The molecule has 2 heterocycles. The summed E-state index contributed by atoms with van der Waals surface area (Å²) >= 11 is 0. The molecule has 2 aromatic heterocycles. The molecule has 1 fully saturated rings.